The summed E-state index contributed by atoms with van der Waals surface area (Å²) in [5.41, 5.74) is 4.05. The van der Waals surface area contributed by atoms with Crippen LogP contribution in [0.15, 0.2) is 85.2 Å². The number of aromatic amines is 1. The highest BCUT2D eigenvalue weighted by Crippen LogP contribution is 2.27. The molecule has 2 aromatic heterocycles. The summed E-state index contributed by atoms with van der Waals surface area (Å²) in [4.78, 5) is 29.3. The zero-order valence-electron chi connectivity index (χ0n) is 17.7. The number of benzene rings is 3. The van der Waals surface area contributed by atoms with Crippen molar-refractivity contribution in [3.05, 3.63) is 90.8 Å². The molecule has 1 amide bonds. The number of nitrogens with zero attached hydrogens (tertiary/aromatic N) is 3. The average molecular weight is 436 g/mol. The number of imidazole rings is 1. The minimum atomic E-state index is -0.255. The molecule has 0 aliphatic heterocycles. The Bertz CT molecular complexity index is 1430. The first kappa shape index (κ1) is 20.2. The number of amides is 1. The van der Waals surface area contributed by atoms with Crippen molar-refractivity contribution in [2.24, 2.45) is 0 Å². The Labute approximate surface area is 189 Å². The first-order chi connectivity index (χ1) is 16.2. The Hall–Kier alpha value is -4.72. The molecule has 3 N–H and O–H groups in total. The van der Waals surface area contributed by atoms with Crippen molar-refractivity contribution in [2.45, 2.75) is 0 Å². The second-order valence-electron chi connectivity index (χ2n) is 7.23. The lowest BCUT2D eigenvalue weighted by Gasteiger charge is -2.09. The van der Waals surface area contributed by atoms with Gasteiger partial charge in [-0.2, -0.15) is 0 Å². The third kappa shape index (κ3) is 4.22. The number of carbonyl (C=O) groups is 1. The molecular weight excluding hydrogens is 416 g/mol. The van der Waals surface area contributed by atoms with Gasteiger partial charge in [0.15, 0.2) is 11.5 Å². The second kappa shape index (κ2) is 8.80. The van der Waals surface area contributed by atoms with Crippen LogP contribution in [-0.4, -0.2) is 33.0 Å². The standard InChI is InChI=1S/C25H20N6O2/c1-33-20-13-6-5-12-19(20)25(32)29-18-11-7-8-16(14-18)22-30-21-23(26-15-27-24(21)31-22)28-17-9-3-2-4-10-17/h2-15H,1H3,(H,29,32)(H2,26,27,28,30,31). The van der Waals surface area contributed by atoms with E-state index in [4.69, 9.17) is 4.74 Å². The van der Waals surface area contributed by atoms with Crippen molar-refractivity contribution < 1.29 is 9.53 Å². The van der Waals surface area contributed by atoms with Crippen molar-refractivity contribution in [3.8, 4) is 17.1 Å². The number of hydrogen-bond donors (Lipinski definition) is 3. The van der Waals surface area contributed by atoms with E-state index in [0.29, 0.717) is 39.8 Å². The molecule has 2 heterocycles. The molecule has 5 aromatic rings. The SMILES string of the molecule is COc1ccccc1C(=O)Nc1cccc(-c2nc3ncnc(Nc4ccccc4)c3[nH]2)c1. The molecule has 162 valence electrons. The Kier molecular flexibility index (Phi) is 5.38. The number of ether oxygens (including phenoxy) is 1. The number of aromatic nitrogens is 4. The summed E-state index contributed by atoms with van der Waals surface area (Å²) < 4.78 is 5.29. The maximum atomic E-state index is 12.8. The molecule has 0 radical (unpaired) electrons. The molecule has 0 unspecified atom stereocenters. The number of rotatable bonds is 6. The average Bonchev–Trinajstić information content (AvgIpc) is 3.30. The molecule has 5 rings (SSSR count). The molecule has 0 fully saturated rings. The molecule has 0 bridgehead atoms. The van der Waals surface area contributed by atoms with Crippen LogP contribution in [-0.2, 0) is 0 Å². The minimum absolute atomic E-state index is 0.255. The zero-order valence-corrected chi connectivity index (χ0v) is 17.7. The summed E-state index contributed by atoms with van der Waals surface area (Å²) >= 11 is 0. The van der Waals surface area contributed by atoms with Gasteiger partial charge in [0, 0.05) is 16.9 Å². The van der Waals surface area contributed by atoms with Gasteiger partial charge in [-0.25, -0.2) is 15.0 Å². The fourth-order valence-corrected chi connectivity index (χ4v) is 3.49. The maximum Gasteiger partial charge on any atom is 0.259 e. The number of methoxy groups -OCH3 is 1. The lowest BCUT2D eigenvalue weighted by Crippen LogP contribution is -2.13. The molecule has 0 saturated heterocycles. The smallest absolute Gasteiger partial charge is 0.259 e. The van der Waals surface area contributed by atoms with Crippen molar-refractivity contribution in [1.82, 2.24) is 19.9 Å². The molecule has 3 aromatic carbocycles. The van der Waals surface area contributed by atoms with Crippen molar-refractivity contribution in [3.63, 3.8) is 0 Å². The van der Waals surface area contributed by atoms with Gasteiger partial charge in [0.05, 0.1) is 12.7 Å². The Morgan fingerprint density at radius 1 is 0.909 bits per heavy atom. The summed E-state index contributed by atoms with van der Waals surface area (Å²) in [6.45, 7) is 0. The highest BCUT2D eigenvalue weighted by Gasteiger charge is 2.14. The molecule has 0 saturated carbocycles. The van der Waals surface area contributed by atoms with Crippen LogP contribution in [0, 0.1) is 0 Å². The van der Waals surface area contributed by atoms with Crippen molar-refractivity contribution in [1.29, 1.82) is 0 Å². The molecule has 0 spiro atoms. The number of carbonyl (C=O) groups excluding carboxylic acids is 1. The first-order valence-corrected chi connectivity index (χ1v) is 10.3. The van der Waals surface area contributed by atoms with Crippen LogP contribution in [0.1, 0.15) is 10.4 Å². The third-order valence-electron chi connectivity index (χ3n) is 5.07. The first-order valence-electron chi connectivity index (χ1n) is 10.3. The zero-order chi connectivity index (χ0) is 22.6. The van der Waals surface area contributed by atoms with Crippen LogP contribution in [0.2, 0.25) is 0 Å². The molecule has 8 heteroatoms. The van der Waals surface area contributed by atoms with Crippen molar-refractivity contribution in [2.75, 3.05) is 17.7 Å². The Morgan fingerprint density at radius 2 is 1.70 bits per heavy atom. The number of H-pyrrole nitrogens is 1. The number of para-hydroxylation sites is 2. The van der Waals surface area contributed by atoms with E-state index in [9.17, 15) is 4.79 Å². The van der Waals surface area contributed by atoms with Gasteiger partial charge in [-0.3, -0.25) is 4.79 Å². The normalized spacial score (nSPS) is 10.7. The highest BCUT2D eigenvalue weighted by atomic mass is 16.5. The van der Waals surface area contributed by atoms with E-state index < -0.39 is 0 Å². The number of fused-ring (bicyclic) bond motifs is 1. The number of hydrogen-bond acceptors (Lipinski definition) is 6. The van der Waals surface area contributed by atoms with Crippen LogP contribution < -0.4 is 15.4 Å². The van der Waals surface area contributed by atoms with Crippen molar-refractivity contribution >= 4 is 34.3 Å². The van der Waals surface area contributed by atoms with Gasteiger partial charge in [0.2, 0.25) is 0 Å². The summed E-state index contributed by atoms with van der Waals surface area (Å²) in [5.74, 6) is 1.51. The summed E-state index contributed by atoms with van der Waals surface area (Å²) in [7, 11) is 1.54. The van der Waals surface area contributed by atoms with E-state index in [0.717, 1.165) is 11.3 Å². The van der Waals surface area contributed by atoms with Gasteiger partial charge >= 0.3 is 0 Å². The quantitative estimate of drug-likeness (QED) is 0.345. The molecule has 8 nitrogen and oxygen atoms in total. The lowest BCUT2D eigenvalue weighted by atomic mass is 10.1. The topological polar surface area (TPSA) is 105 Å². The van der Waals surface area contributed by atoms with Crippen LogP contribution >= 0.6 is 0 Å². The van der Waals surface area contributed by atoms with Crippen LogP contribution in [0.4, 0.5) is 17.2 Å². The number of nitrogens with one attached hydrogen (secondary N) is 3. The molecular formula is C25H20N6O2. The van der Waals surface area contributed by atoms with Gasteiger partial charge in [0.25, 0.3) is 5.91 Å². The fraction of sp³-hybridized carbons (Fsp3) is 0.0400. The summed E-state index contributed by atoms with van der Waals surface area (Å²) in [5, 5.41) is 6.21. The van der Waals surface area contributed by atoms with E-state index in [-0.39, 0.29) is 5.91 Å². The summed E-state index contributed by atoms with van der Waals surface area (Å²) in [6, 6.07) is 24.3. The minimum Gasteiger partial charge on any atom is -0.496 e. The van der Waals surface area contributed by atoms with Gasteiger partial charge in [-0.1, -0.05) is 42.5 Å². The summed E-state index contributed by atoms with van der Waals surface area (Å²) in [6.07, 6.45) is 1.47. The van der Waals surface area contributed by atoms with Crippen LogP contribution in [0.25, 0.3) is 22.6 Å². The fourth-order valence-electron chi connectivity index (χ4n) is 3.49. The van der Waals surface area contributed by atoms with E-state index in [1.807, 2.05) is 60.7 Å². The van der Waals surface area contributed by atoms with Gasteiger partial charge in [-0.15, -0.1) is 0 Å². The molecule has 0 aliphatic carbocycles. The predicted octanol–water partition coefficient (Wildman–Crippen LogP) is 5.02. The number of anilines is 3. The lowest BCUT2D eigenvalue weighted by molar-refractivity contribution is 0.102. The van der Waals surface area contributed by atoms with E-state index in [1.54, 1.807) is 18.2 Å². The largest absolute Gasteiger partial charge is 0.496 e. The monoisotopic (exact) mass is 436 g/mol. The molecule has 0 atom stereocenters. The van der Waals surface area contributed by atoms with Gasteiger partial charge in [-0.05, 0) is 36.4 Å². The van der Waals surface area contributed by atoms with Crippen LogP contribution in [0.3, 0.4) is 0 Å². The third-order valence-corrected chi connectivity index (χ3v) is 5.07. The van der Waals surface area contributed by atoms with Gasteiger partial charge < -0.3 is 20.4 Å². The predicted molar refractivity (Wildman–Crippen MR) is 128 cm³/mol. The van der Waals surface area contributed by atoms with Crippen LogP contribution in [0.5, 0.6) is 5.75 Å². The maximum absolute atomic E-state index is 12.8. The Morgan fingerprint density at radius 3 is 2.55 bits per heavy atom. The molecule has 33 heavy (non-hydrogen) atoms. The van der Waals surface area contributed by atoms with E-state index >= 15 is 0 Å². The Balaban J connectivity index is 1.43. The molecule has 0 aliphatic rings. The van der Waals surface area contributed by atoms with E-state index in [1.165, 1.54) is 13.4 Å². The second-order valence-corrected chi connectivity index (χ2v) is 7.23. The van der Waals surface area contributed by atoms with E-state index in [2.05, 4.69) is 30.6 Å². The van der Waals surface area contributed by atoms with Gasteiger partial charge in [0.1, 0.15) is 23.4 Å². The highest BCUT2D eigenvalue weighted by molar-refractivity contribution is 6.06.